The summed E-state index contributed by atoms with van der Waals surface area (Å²) in [6.07, 6.45) is 3.14. The zero-order chi connectivity index (χ0) is 20.6. The molecule has 0 saturated carbocycles. The third kappa shape index (κ3) is 3.78. The maximum absolute atomic E-state index is 12.9. The molecule has 4 rings (SSSR count). The van der Waals surface area contributed by atoms with Gasteiger partial charge in [0, 0.05) is 12.2 Å². The van der Waals surface area contributed by atoms with Gasteiger partial charge in [-0.25, -0.2) is 8.42 Å². The lowest BCUT2D eigenvalue weighted by Crippen LogP contribution is -2.35. The van der Waals surface area contributed by atoms with Crippen LogP contribution in [0.2, 0.25) is 0 Å². The molecule has 3 aromatic rings. The Hall–Kier alpha value is -3.06. The van der Waals surface area contributed by atoms with Gasteiger partial charge in [-0.2, -0.15) is 0 Å². The fraction of sp³-hybridized carbons (Fsp3) is 0.227. The standard InChI is InChI=1S/C22H22N2O4S/c1-15-7-8-16(2)21(13-15)29(26,27)23-18-10-9-17-5-3-11-24(19(17)14-18)22(25)20-6-4-12-28-20/h4,6-10,12-14,23H,3,5,11H2,1-2H3. The minimum Gasteiger partial charge on any atom is -0.459 e. The molecule has 2 aromatic carbocycles. The minimum atomic E-state index is -3.75. The molecule has 1 aliphatic rings. The summed E-state index contributed by atoms with van der Waals surface area (Å²) < 4.78 is 33.8. The number of nitrogens with zero attached hydrogens (tertiary/aromatic N) is 1. The zero-order valence-corrected chi connectivity index (χ0v) is 17.1. The maximum Gasteiger partial charge on any atom is 0.293 e. The van der Waals surface area contributed by atoms with Crippen LogP contribution in [-0.2, 0) is 16.4 Å². The third-order valence-electron chi connectivity index (χ3n) is 5.07. The van der Waals surface area contributed by atoms with Gasteiger partial charge in [0.1, 0.15) is 0 Å². The van der Waals surface area contributed by atoms with Crippen LogP contribution >= 0.6 is 0 Å². The van der Waals surface area contributed by atoms with Crippen molar-refractivity contribution in [3.63, 3.8) is 0 Å². The van der Waals surface area contributed by atoms with Crippen molar-refractivity contribution < 1.29 is 17.6 Å². The van der Waals surface area contributed by atoms with Crippen molar-refractivity contribution in [2.24, 2.45) is 0 Å². The molecule has 7 heteroatoms. The number of hydrogen-bond acceptors (Lipinski definition) is 4. The number of benzene rings is 2. The second kappa shape index (κ2) is 7.40. The average molecular weight is 410 g/mol. The largest absolute Gasteiger partial charge is 0.459 e. The molecule has 0 radical (unpaired) electrons. The average Bonchev–Trinajstić information content (AvgIpc) is 3.23. The van der Waals surface area contributed by atoms with Gasteiger partial charge in [0.15, 0.2) is 5.76 Å². The molecule has 1 N–H and O–H groups in total. The van der Waals surface area contributed by atoms with E-state index in [1.165, 1.54) is 6.26 Å². The highest BCUT2D eigenvalue weighted by molar-refractivity contribution is 7.92. The molecule has 0 saturated heterocycles. The first kappa shape index (κ1) is 19.3. The highest BCUT2D eigenvalue weighted by atomic mass is 32.2. The normalized spacial score (nSPS) is 13.8. The molecule has 1 aromatic heterocycles. The van der Waals surface area contributed by atoms with E-state index in [9.17, 15) is 13.2 Å². The van der Waals surface area contributed by atoms with Crippen LogP contribution in [0, 0.1) is 13.8 Å². The zero-order valence-electron chi connectivity index (χ0n) is 16.3. The van der Waals surface area contributed by atoms with Crippen molar-refractivity contribution in [2.75, 3.05) is 16.2 Å². The van der Waals surface area contributed by atoms with Crippen LogP contribution in [0.1, 0.15) is 33.7 Å². The first-order valence-corrected chi connectivity index (χ1v) is 10.9. The Morgan fingerprint density at radius 2 is 1.93 bits per heavy atom. The number of carbonyl (C=O) groups is 1. The van der Waals surface area contributed by atoms with Crippen molar-refractivity contribution in [1.29, 1.82) is 0 Å². The van der Waals surface area contributed by atoms with Crippen LogP contribution in [-0.4, -0.2) is 20.9 Å². The van der Waals surface area contributed by atoms with E-state index in [0.29, 0.717) is 23.5 Å². The fourth-order valence-electron chi connectivity index (χ4n) is 3.59. The van der Waals surface area contributed by atoms with Gasteiger partial charge in [-0.3, -0.25) is 9.52 Å². The molecular formula is C22H22N2O4S. The first-order chi connectivity index (χ1) is 13.8. The number of furan rings is 1. The maximum atomic E-state index is 12.9. The molecule has 150 valence electrons. The monoisotopic (exact) mass is 410 g/mol. The molecule has 2 heterocycles. The van der Waals surface area contributed by atoms with E-state index in [1.807, 2.05) is 19.1 Å². The van der Waals surface area contributed by atoms with Crippen LogP contribution in [0.5, 0.6) is 0 Å². The molecule has 0 fully saturated rings. The Morgan fingerprint density at radius 3 is 2.69 bits per heavy atom. The Labute approximate surface area is 170 Å². The number of hydrogen-bond donors (Lipinski definition) is 1. The highest BCUT2D eigenvalue weighted by Crippen LogP contribution is 2.32. The first-order valence-electron chi connectivity index (χ1n) is 9.43. The van der Waals surface area contributed by atoms with E-state index >= 15 is 0 Å². The summed E-state index contributed by atoms with van der Waals surface area (Å²) in [5, 5.41) is 0. The molecule has 0 atom stereocenters. The van der Waals surface area contributed by atoms with E-state index in [-0.39, 0.29) is 16.6 Å². The van der Waals surface area contributed by atoms with E-state index < -0.39 is 10.0 Å². The number of rotatable bonds is 4. The van der Waals surface area contributed by atoms with Gasteiger partial charge in [-0.05, 0) is 73.7 Å². The summed E-state index contributed by atoms with van der Waals surface area (Å²) in [4.78, 5) is 14.7. The molecule has 1 amide bonds. The summed E-state index contributed by atoms with van der Waals surface area (Å²) in [5.74, 6) is 0.0321. The second-order valence-corrected chi connectivity index (χ2v) is 8.91. The van der Waals surface area contributed by atoms with Crippen LogP contribution in [0.4, 0.5) is 11.4 Å². The number of fused-ring (bicyclic) bond motifs is 1. The van der Waals surface area contributed by atoms with Crippen LogP contribution in [0.3, 0.4) is 0 Å². The Kier molecular flexibility index (Phi) is 4.92. The van der Waals surface area contributed by atoms with Crippen LogP contribution in [0.15, 0.2) is 64.1 Å². The summed E-state index contributed by atoms with van der Waals surface area (Å²) in [6.45, 7) is 4.18. The lowest BCUT2D eigenvalue weighted by Gasteiger charge is -2.29. The van der Waals surface area contributed by atoms with Gasteiger partial charge in [0.25, 0.3) is 15.9 Å². The van der Waals surface area contributed by atoms with Crippen molar-refractivity contribution in [3.05, 3.63) is 77.2 Å². The quantitative estimate of drug-likeness (QED) is 0.696. The van der Waals surface area contributed by atoms with E-state index in [2.05, 4.69) is 4.72 Å². The Balaban J connectivity index is 1.68. The van der Waals surface area contributed by atoms with Gasteiger partial charge >= 0.3 is 0 Å². The van der Waals surface area contributed by atoms with Crippen molar-refractivity contribution >= 4 is 27.3 Å². The number of aryl methyl sites for hydroxylation is 3. The van der Waals surface area contributed by atoms with Crippen LogP contribution < -0.4 is 9.62 Å². The SMILES string of the molecule is Cc1ccc(C)c(S(=O)(=O)Nc2ccc3c(c2)N(C(=O)c2ccco2)CCC3)c1. The molecule has 0 aliphatic carbocycles. The highest BCUT2D eigenvalue weighted by Gasteiger charge is 2.26. The summed E-state index contributed by atoms with van der Waals surface area (Å²) >= 11 is 0. The molecule has 29 heavy (non-hydrogen) atoms. The van der Waals surface area contributed by atoms with Crippen molar-refractivity contribution in [1.82, 2.24) is 0 Å². The summed E-state index contributed by atoms with van der Waals surface area (Å²) in [6, 6.07) is 14.0. The minimum absolute atomic E-state index is 0.231. The van der Waals surface area contributed by atoms with Gasteiger partial charge in [-0.1, -0.05) is 18.2 Å². The Bertz CT molecular complexity index is 1170. The summed E-state index contributed by atoms with van der Waals surface area (Å²) in [5.41, 5.74) is 3.68. The predicted molar refractivity (Wildman–Crippen MR) is 112 cm³/mol. The number of sulfonamides is 1. The smallest absolute Gasteiger partial charge is 0.293 e. The fourth-order valence-corrected chi connectivity index (χ4v) is 4.97. The third-order valence-corrected chi connectivity index (χ3v) is 6.59. The van der Waals surface area contributed by atoms with Gasteiger partial charge in [-0.15, -0.1) is 0 Å². The molecule has 0 spiro atoms. The van der Waals surface area contributed by atoms with E-state index in [4.69, 9.17) is 4.42 Å². The number of anilines is 2. The van der Waals surface area contributed by atoms with Crippen molar-refractivity contribution in [3.8, 4) is 0 Å². The summed E-state index contributed by atoms with van der Waals surface area (Å²) in [7, 11) is -3.75. The molecular weight excluding hydrogens is 388 g/mol. The molecule has 6 nitrogen and oxygen atoms in total. The molecule has 0 bridgehead atoms. The van der Waals surface area contributed by atoms with Gasteiger partial charge in [0.05, 0.1) is 16.8 Å². The predicted octanol–water partition coefficient (Wildman–Crippen LogP) is 4.29. The van der Waals surface area contributed by atoms with E-state index in [1.54, 1.807) is 48.2 Å². The van der Waals surface area contributed by atoms with Crippen molar-refractivity contribution in [2.45, 2.75) is 31.6 Å². The number of amides is 1. The second-order valence-electron chi connectivity index (χ2n) is 7.26. The lowest BCUT2D eigenvalue weighted by atomic mass is 10.0. The number of carbonyl (C=O) groups excluding carboxylic acids is 1. The Morgan fingerprint density at radius 1 is 1.10 bits per heavy atom. The number of nitrogens with one attached hydrogen (secondary N) is 1. The lowest BCUT2D eigenvalue weighted by molar-refractivity contribution is 0.0958. The molecule has 1 aliphatic heterocycles. The topological polar surface area (TPSA) is 79.6 Å². The van der Waals surface area contributed by atoms with E-state index in [0.717, 1.165) is 24.0 Å². The van der Waals surface area contributed by atoms with Gasteiger partial charge in [0.2, 0.25) is 0 Å². The van der Waals surface area contributed by atoms with Gasteiger partial charge < -0.3 is 9.32 Å². The molecule has 0 unspecified atom stereocenters. The van der Waals surface area contributed by atoms with Crippen LogP contribution in [0.25, 0.3) is 0 Å².